The summed E-state index contributed by atoms with van der Waals surface area (Å²) in [6.45, 7) is 2.65. The molecule has 0 atom stereocenters. The van der Waals surface area contributed by atoms with E-state index in [1.54, 1.807) is 6.20 Å². The van der Waals surface area contributed by atoms with Crippen LogP contribution in [0.25, 0.3) is 0 Å². The molecule has 0 bridgehead atoms. The second-order valence-electron chi connectivity index (χ2n) is 6.77. The minimum Gasteiger partial charge on any atom is -0.491 e. The first-order chi connectivity index (χ1) is 12.3. The average Bonchev–Trinajstić information content (AvgIpc) is 3.35. The molecule has 2 heterocycles. The van der Waals surface area contributed by atoms with E-state index in [2.05, 4.69) is 20.9 Å². The van der Waals surface area contributed by atoms with Gasteiger partial charge in [-0.05, 0) is 56.8 Å². The van der Waals surface area contributed by atoms with Crippen molar-refractivity contribution in [3.63, 3.8) is 0 Å². The molecule has 1 saturated carbocycles. The largest absolute Gasteiger partial charge is 0.491 e. The summed E-state index contributed by atoms with van der Waals surface area (Å²) in [5.74, 6) is 1.10. The zero-order chi connectivity index (χ0) is 17.1. The van der Waals surface area contributed by atoms with Gasteiger partial charge in [0.2, 0.25) is 0 Å². The molecule has 0 spiro atoms. The van der Waals surface area contributed by atoms with Crippen LogP contribution in [0.5, 0.6) is 5.75 Å². The van der Waals surface area contributed by atoms with Crippen LogP contribution in [0.4, 0.5) is 5.69 Å². The van der Waals surface area contributed by atoms with E-state index in [-0.39, 0.29) is 18.3 Å². The molecule has 0 unspecified atom stereocenters. The first kappa shape index (κ1) is 18.7. The Bertz CT molecular complexity index is 741. The van der Waals surface area contributed by atoms with Gasteiger partial charge < -0.3 is 15.4 Å². The van der Waals surface area contributed by atoms with E-state index in [1.807, 2.05) is 28.9 Å². The molecule has 2 fully saturated rings. The van der Waals surface area contributed by atoms with Crippen LogP contribution in [0, 0.1) is 5.92 Å². The fraction of sp³-hybridized carbons (Fsp3) is 0.500. The van der Waals surface area contributed by atoms with Crippen LogP contribution in [-0.4, -0.2) is 40.6 Å². The molecule has 140 valence electrons. The lowest BCUT2D eigenvalue weighted by atomic mass is 10.1. The lowest BCUT2D eigenvalue weighted by Gasteiger charge is -2.22. The van der Waals surface area contributed by atoms with Crippen molar-refractivity contribution in [3.05, 3.63) is 36.2 Å². The SMILES string of the molecule is Cl.O=C(Nc1ccccc1OCC1CC1)c1cn(C2CCNCC2)nn1. The zero-order valence-corrected chi connectivity index (χ0v) is 15.4. The van der Waals surface area contributed by atoms with E-state index in [1.165, 1.54) is 12.8 Å². The molecule has 0 radical (unpaired) electrons. The van der Waals surface area contributed by atoms with E-state index >= 15 is 0 Å². The third kappa shape index (κ3) is 4.53. The summed E-state index contributed by atoms with van der Waals surface area (Å²) in [6.07, 6.45) is 6.20. The quantitative estimate of drug-likeness (QED) is 0.808. The van der Waals surface area contributed by atoms with Crippen LogP contribution >= 0.6 is 12.4 Å². The first-order valence-corrected chi connectivity index (χ1v) is 8.95. The van der Waals surface area contributed by atoms with Gasteiger partial charge in [0.15, 0.2) is 5.69 Å². The molecular weight excluding hydrogens is 354 g/mol. The van der Waals surface area contributed by atoms with Crippen LogP contribution in [0.2, 0.25) is 0 Å². The van der Waals surface area contributed by atoms with Crippen LogP contribution in [0.15, 0.2) is 30.5 Å². The number of nitrogens with one attached hydrogen (secondary N) is 2. The fourth-order valence-electron chi connectivity index (χ4n) is 3.00. The third-order valence-electron chi connectivity index (χ3n) is 4.73. The highest BCUT2D eigenvalue weighted by Gasteiger charge is 2.23. The maximum absolute atomic E-state index is 12.5. The van der Waals surface area contributed by atoms with Gasteiger partial charge in [-0.3, -0.25) is 4.79 Å². The molecule has 26 heavy (non-hydrogen) atoms. The number of piperidine rings is 1. The number of halogens is 1. The van der Waals surface area contributed by atoms with E-state index < -0.39 is 0 Å². The highest BCUT2D eigenvalue weighted by molar-refractivity contribution is 6.03. The van der Waals surface area contributed by atoms with Gasteiger partial charge in [0.05, 0.1) is 24.5 Å². The smallest absolute Gasteiger partial charge is 0.277 e. The number of hydrogen-bond acceptors (Lipinski definition) is 5. The molecule has 1 aromatic carbocycles. The Morgan fingerprint density at radius 2 is 2.00 bits per heavy atom. The maximum Gasteiger partial charge on any atom is 0.277 e. The van der Waals surface area contributed by atoms with Gasteiger partial charge in [-0.1, -0.05) is 17.3 Å². The van der Waals surface area contributed by atoms with Gasteiger partial charge >= 0.3 is 0 Å². The summed E-state index contributed by atoms with van der Waals surface area (Å²) in [5.41, 5.74) is 1.00. The number of carbonyl (C=O) groups excluding carboxylic acids is 1. The van der Waals surface area contributed by atoms with Crippen molar-refractivity contribution in [2.24, 2.45) is 5.92 Å². The molecule has 2 N–H and O–H groups in total. The molecule has 1 aliphatic heterocycles. The Hall–Kier alpha value is -2.12. The predicted octanol–water partition coefficient (Wildman–Crippen LogP) is 2.67. The number of aromatic nitrogens is 3. The van der Waals surface area contributed by atoms with Gasteiger partial charge in [-0.15, -0.1) is 17.5 Å². The van der Waals surface area contributed by atoms with Crippen molar-refractivity contribution in [2.45, 2.75) is 31.7 Å². The van der Waals surface area contributed by atoms with Crippen LogP contribution in [-0.2, 0) is 0 Å². The zero-order valence-electron chi connectivity index (χ0n) is 14.6. The highest BCUT2D eigenvalue weighted by Crippen LogP contribution is 2.31. The Kier molecular flexibility index (Phi) is 6.11. The van der Waals surface area contributed by atoms with Gasteiger partial charge in [-0.25, -0.2) is 4.68 Å². The maximum atomic E-state index is 12.5. The van der Waals surface area contributed by atoms with Gasteiger partial charge in [0.1, 0.15) is 5.75 Å². The number of anilines is 1. The van der Waals surface area contributed by atoms with E-state index in [9.17, 15) is 4.79 Å². The minimum atomic E-state index is -0.261. The van der Waals surface area contributed by atoms with Crippen molar-refractivity contribution in [3.8, 4) is 5.75 Å². The number of amides is 1. The Morgan fingerprint density at radius 1 is 1.23 bits per heavy atom. The second kappa shape index (κ2) is 8.51. The number of rotatable bonds is 6. The Balaban J connectivity index is 0.00000196. The lowest BCUT2D eigenvalue weighted by Crippen LogP contribution is -2.29. The van der Waals surface area contributed by atoms with Crippen molar-refractivity contribution in [1.82, 2.24) is 20.3 Å². The number of para-hydroxylation sites is 2. The number of carbonyl (C=O) groups is 1. The number of hydrogen-bond donors (Lipinski definition) is 2. The normalized spacial score (nSPS) is 17.4. The molecule has 1 aliphatic carbocycles. The molecule has 2 aliphatic rings. The molecule has 8 heteroatoms. The van der Waals surface area contributed by atoms with Crippen molar-refractivity contribution >= 4 is 24.0 Å². The van der Waals surface area contributed by atoms with Crippen molar-refractivity contribution in [2.75, 3.05) is 25.0 Å². The standard InChI is InChI=1S/C18H23N5O2.ClH/c24-18(16-11-23(22-21-16)14-7-9-19-10-8-14)20-15-3-1-2-4-17(15)25-12-13-5-6-13;/h1-4,11,13-14,19H,5-10,12H2,(H,20,24);1H. The Morgan fingerprint density at radius 3 is 2.77 bits per heavy atom. The average molecular weight is 378 g/mol. The van der Waals surface area contributed by atoms with Crippen LogP contribution in [0.3, 0.4) is 0 Å². The van der Waals surface area contributed by atoms with E-state index in [0.717, 1.165) is 25.9 Å². The summed E-state index contributed by atoms with van der Waals surface area (Å²) in [4.78, 5) is 12.5. The molecule has 1 saturated heterocycles. The molecular formula is C18H24ClN5O2. The highest BCUT2D eigenvalue weighted by atomic mass is 35.5. The summed E-state index contributed by atoms with van der Waals surface area (Å²) in [5, 5.41) is 14.4. The topological polar surface area (TPSA) is 81.1 Å². The summed E-state index contributed by atoms with van der Waals surface area (Å²) < 4.78 is 7.65. The predicted molar refractivity (Wildman–Crippen MR) is 101 cm³/mol. The molecule has 1 aromatic heterocycles. The third-order valence-corrected chi connectivity index (χ3v) is 4.73. The monoisotopic (exact) mass is 377 g/mol. The van der Waals surface area contributed by atoms with Crippen molar-refractivity contribution in [1.29, 1.82) is 0 Å². The molecule has 4 rings (SSSR count). The molecule has 7 nitrogen and oxygen atoms in total. The van der Waals surface area contributed by atoms with Crippen LogP contribution in [0.1, 0.15) is 42.2 Å². The number of benzene rings is 1. The lowest BCUT2D eigenvalue weighted by molar-refractivity contribution is 0.102. The molecule has 2 aromatic rings. The summed E-state index contributed by atoms with van der Waals surface area (Å²) in [6, 6.07) is 7.82. The first-order valence-electron chi connectivity index (χ1n) is 8.95. The fourth-order valence-corrected chi connectivity index (χ4v) is 3.00. The van der Waals surface area contributed by atoms with Crippen LogP contribution < -0.4 is 15.4 Å². The van der Waals surface area contributed by atoms with Gasteiger partial charge in [0.25, 0.3) is 5.91 Å². The number of ether oxygens (including phenoxy) is 1. The Labute approximate surface area is 158 Å². The summed E-state index contributed by atoms with van der Waals surface area (Å²) >= 11 is 0. The molecule has 1 amide bonds. The summed E-state index contributed by atoms with van der Waals surface area (Å²) in [7, 11) is 0. The second-order valence-corrected chi connectivity index (χ2v) is 6.77. The van der Waals surface area contributed by atoms with E-state index in [0.29, 0.717) is 35.7 Å². The van der Waals surface area contributed by atoms with Gasteiger partial charge in [-0.2, -0.15) is 0 Å². The minimum absolute atomic E-state index is 0. The number of nitrogens with zero attached hydrogens (tertiary/aromatic N) is 3. The van der Waals surface area contributed by atoms with Crippen molar-refractivity contribution < 1.29 is 9.53 Å². The van der Waals surface area contributed by atoms with Gasteiger partial charge in [0, 0.05) is 0 Å². The van der Waals surface area contributed by atoms with E-state index in [4.69, 9.17) is 4.74 Å².